The fraction of sp³-hybridized carbons (Fsp3) is 0.200. The Labute approximate surface area is 209 Å². The highest BCUT2D eigenvalue weighted by Crippen LogP contribution is 2.21. The van der Waals surface area contributed by atoms with Crippen LogP contribution in [0.2, 0.25) is 0 Å². The zero-order valence-electron chi connectivity index (χ0n) is 20.0. The third kappa shape index (κ3) is 7.37. The van der Waals surface area contributed by atoms with Gasteiger partial charge in [-0.3, -0.25) is 19.2 Å². The molecule has 36 heavy (non-hydrogen) atoms. The van der Waals surface area contributed by atoms with Gasteiger partial charge < -0.3 is 4.74 Å². The van der Waals surface area contributed by atoms with E-state index in [1.165, 1.54) is 18.3 Å². The van der Waals surface area contributed by atoms with Crippen molar-refractivity contribution in [2.24, 2.45) is 5.10 Å². The Balaban J connectivity index is 1.54. The monoisotopic (exact) mass is 510 g/mol. The number of aryl methyl sites for hydroxylation is 2. The minimum Gasteiger partial charge on any atom is -0.489 e. The molecule has 0 aromatic heterocycles. The van der Waals surface area contributed by atoms with Crippen molar-refractivity contribution >= 4 is 33.5 Å². The van der Waals surface area contributed by atoms with Gasteiger partial charge in [-0.2, -0.15) is 5.10 Å². The maximum atomic E-state index is 12.4. The number of amides is 1. The van der Waals surface area contributed by atoms with Gasteiger partial charge in [0.05, 0.1) is 23.1 Å². The van der Waals surface area contributed by atoms with Crippen molar-refractivity contribution in [1.82, 2.24) is 5.43 Å². The Hall–Kier alpha value is -4.25. The molecule has 0 bridgehead atoms. The van der Waals surface area contributed by atoms with Gasteiger partial charge in [-0.25, -0.2) is 13.8 Å². The van der Waals surface area contributed by atoms with Crippen molar-refractivity contribution in [3.8, 4) is 5.75 Å². The highest BCUT2D eigenvalue weighted by molar-refractivity contribution is 7.92. The van der Waals surface area contributed by atoms with Crippen molar-refractivity contribution in [3.63, 3.8) is 0 Å². The van der Waals surface area contributed by atoms with Gasteiger partial charge in [-0.15, -0.1) is 0 Å². The number of nitrogens with one attached hydrogen (secondary N) is 1. The number of hydrazone groups is 1. The van der Waals surface area contributed by atoms with E-state index in [1.54, 1.807) is 54.6 Å². The molecule has 0 atom stereocenters. The summed E-state index contributed by atoms with van der Waals surface area (Å²) in [5, 5.41) is 14.6. The summed E-state index contributed by atoms with van der Waals surface area (Å²) in [4.78, 5) is 22.6. The van der Waals surface area contributed by atoms with Crippen molar-refractivity contribution in [2.45, 2.75) is 20.5 Å². The number of nitro benzene ring substituents is 1. The molecule has 0 heterocycles. The number of ether oxygens (including phenoxy) is 1. The lowest BCUT2D eigenvalue weighted by Crippen LogP contribution is -2.39. The normalized spacial score (nSPS) is 11.3. The molecule has 0 fully saturated rings. The molecule has 0 aliphatic carbocycles. The summed E-state index contributed by atoms with van der Waals surface area (Å²) in [5.41, 5.74) is 6.18. The topological polar surface area (TPSA) is 131 Å². The molecular weight excluding hydrogens is 484 g/mol. The molecule has 3 aromatic carbocycles. The quantitative estimate of drug-likeness (QED) is 0.251. The standard InChI is InChI=1S/C25H26N4O6S/c1-18-4-9-23(14-19(18)2)28(36(3,33)34)16-25(30)27-26-15-20-7-12-24(13-8-20)35-17-21-5-10-22(11-6-21)29(31)32/h4-15H,16-17H2,1-3H3,(H,27,30)/b26-15-. The lowest BCUT2D eigenvalue weighted by Gasteiger charge is -2.22. The molecule has 0 saturated carbocycles. The summed E-state index contributed by atoms with van der Waals surface area (Å²) in [7, 11) is -3.68. The van der Waals surface area contributed by atoms with Crippen molar-refractivity contribution in [2.75, 3.05) is 17.1 Å². The smallest absolute Gasteiger partial charge is 0.269 e. The predicted molar refractivity (Wildman–Crippen MR) is 138 cm³/mol. The summed E-state index contributed by atoms with van der Waals surface area (Å²) in [6, 6.07) is 18.2. The second-order valence-corrected chi connectivity index (χ2v) is 10.0. The van der Waals surface area contributed by atoms with Gasteiger partial charge >= 0.3 is 0 Å². The molecule has 10 nitrogen and oxygen atoms in total. The first-order chi connectivity index (χ1) is 17.0. The number of nitro groups is 1. The van der Waals surface area contributed by atoms with Crippen LogP contribution < -0.4 is 14.5 Å². The second kappa shape index (κ2) is 11.5. The number of carbonyl (C=O) groups excluding carboxylic acids is 1. The summed E-state index contributed by atoms with van der Waals surface area (Å²) >= 11 is 0. The highest BCUT2D eigenvalue weighted by atomic mass is 32.2. The Morgan fingerprint density at radius 3 is 2.31 bits per heavy atom. The van der Waals surface area contributed by atoms with E-state index in [0.717, 1.165) is 27.3 Å². The van der Waals surface area contributed by atoms with Gasteiger partial charge in [-0.1, -0.05) is 6.07 Å². The van der Waals surface area contributed by atoms with Crippen LogP contribution in [-0.2, 0) is 21.4 Å². The largest absolute Gasteiger partial charge is 0.489 e. The molecule has 1 N–H and O–H groups in total. The fourth-order valence-electron chi connectivity index (χ4n) is 3.16. The minimum atomic E-state index is -3.68. The molecule has 0 spiro atoms. The molecule has 0 unspecified atom stereocenters. The maximum Gasteiger partial charge on any atom is 0.269 e. The van der Waals surface area contributed by atoms with Crippen LogP contribution in [0.25, 0.3) is 0 Å². The average molecular weight is 511 g/mol. The lowest BCUT2D eigenvalue weighted by atomic mass is 10.1. The Bertz CT molecular complexity index is 1370. The summed E-state index contributed by atoms with van der Waals surface area (Å²) in [6.45, 7) is 3.63. The van der Waals surface area contributed by atoms with E-state index >= 15 is 0 Å². The highest BCUT2D eigenvalue weighted by Gasteiger charge is 2.21. The minimum absolute atomic E-state index is 0.0174. The Morgan fingerprint density at radius 2 is 1.72 bits per heavy atom. The van der Waals surface area contributed by atoms with Gasteiger partial charge in [0, 0.05) is 12.1 Å². The molecule has 3 aromatic rings. The molecule has 1 amide bonds. The number of hydrogen-bond acceptors (Lipinski definition) is 7. The number of sulfonamides is 1. The van der Waals surface area contributed by atoms with E-state index in [1.807, 2.05) is 13.8 Å². The average Bonchev–Trinajstić information content (AvgIpc) is 2.83. The van der Waals surface area contributed by atoms with Crippen LogP contribution in [0, 0.1) is 24.0 Å². The Kier molecular flexibility index (Phi) is 8.38. The first-order valence-corrected chi connectivity index (χ1v) is 12.7. The van der Waals surface area contributed by atoms with Crippen molar-refractivity contribution in [1.29, 1.82) is 0 Å². The molecule has 0 aliphatic rings. The summed E-state index contributed by atoms with van der Waals surface area (Å²) < 4.78 is 31.2. The SMILES string of the molecule is Cc1ccc(N(CC(=O)N/N=C\c2ccc(OCc3ccc([N+](=O)[O-])cc3)cc2)S(C)(=O)=O)cc1C. The van der Waals surface area contributed by atoms with Crippen LogP contribution in [0.4, 0.5) is 11.4 Å². The van der Waals surface area contributed by atoms with Crippen molar-refractivity contribution in [3.05, 3.63) is 99.1 Å². The number of non-ortho nitro benzene ring substituents is 1. The first-order valence-electron chi connectivity index (χ1n) is 10.9. The van der Waals surface area contributed by atoms with Gasteiger partial charge in [-0.05, 0) is 84.6 Å². The van der Waals surface area contributed by atoms with Crippen LogP contribution in [0.15, 0.2) is 71.8 Å². The number of carbonyl (C=O) groups is 1. The second-order valence-electron chi connectivity index (χ2n) is 8.11. The van der Waals surface area contributed by atoms with Gasteiger partial charge in [0.1, 0.15) is 18.9 Å². The maximum absolute atomic E-state index is 12.4. The van der Waals surface area contributed by atoms with Gasteiger partial charge in [0.25, 0.3) is 11.6 Å². The zero-order valence-corrected chi connectivity index (χ0v) is 20.9. The summed E-state index contributed by atoms with van der Waals surface area (Å²) in [5.74, 6) is 0.00433. The van der Waals surface area contributed by atoms with E-state index in [0.29, 0.717) is 17.0 Å². The van der Waals surface area contributed by atoms with Crippen molar-refractivity contribution < 1.29 is 22.9 Å². The molecule has 11 heteroatoms. The third-order valence-corrected chi connectivity index (χ3v) is 6.44. The lowest BCUT2D eigenvalue weighted by molar-refractivity contribution is -0.384. The summed E-state index contributed by atoms with van der Waals surface area (Å²) in [6.07, 6.45) is 2.48. The number of rotatable bonds is 10. The molecule has 0 saturated heterocycles. The number of nitrogens with zero attached hydrogens (tertiary/aromatic N) is 3. The van der Waals surface area contributed by atoms with E-state index in [2.05, 4.69) is 10.5 Å². The first kappa shape index (κ1) is 26.4. The van der Waals surface area contributed by atoms with E-state index in [-0.39, 0.29) is 12.3 Å². The molecular formula is C25H26N4O6S. The number of benzene rings is 3. The van der Waals surface area contributed by atoms with E-state index in [9.17, 15) is 23.3 Å². The third-order valence-electron chi connectivity index (χ3n) is 5.30. The van der Waals surface area contributed by atoms with Crippen LogP contribution in [0.5, 0.6) is 5.75 Å². The molecule has 0 aliphatic heterocycles. The van der Waals surface area contributed by atoms with Gasteiger partial charge in [0.15, 0.2) is 0 Å². The van der Waals surface area contributed by atoms with Crippen LogP contribution in [0.3, 0.4) is 0 Å². The van der Waals surface area contributed by atoms with E-state index < -0.39 is 27.4 Å². The number of anilines is 1. The fourth-order valence-corrected chi connectivity index (χ4v) is 4.00. The van der Waals surface area contributed by atoms with Crippen LogP contribution >= 0.6 is 0 Å². The molecule has 0 radical (unpaired) electrons. The molecule has 188 valence electrons. The Morgan fingerprint density at radius 1 is 1.06 bits per heavy atom. The zero-order chi connectivity index (χ0) is 26.3. The molecule has 3 rings (SSSR count). The number of hydrogen-bond donors (Lipinski definition) is 1. The predicted octanol–water partition coefficient (Wildman–Crippen LogP) is 3.71. The van der Waals surface area contributed by atoms with Crippen LogP contribution in [0.1, 0.15) is 22.3 Å². The van der Waals surface area contributed by atoms with E-state index in [4.69, 9.17) is 4.74 Å². The van der Waals surface area contributed by atoms with Crippen LogP contribution in [-0.4, -0.2) is 38.3 Å². The van der Waals surface area contributed by atoms with Gasteiger partial charge in [0.2, 0.25) is 10.0 Å².